The number of pyridine rings is 1. The Labute approximate surface area is 106 Å². The lowest BCUT2D eigenvalue weighted by Gasteiger charge is -2.21. The van der Waals surface area contributed by atoms with Gasteiger partial charge in [0.2, 0.25) is 5.91 Å². The summed E-state index contributed by atoms with van der Waals surface area (Å²) < 4.78 is 0. The minimum absolute atomic E-state index is 0.307. The van der Waals surface area contributed by atoms with Gasteiger partial charge in [0.05, 0.1) is 5.41 Å². The lowest BCUT2D eigenvalue weighted by atomic mass is 9.93. The Morgan fingerprint density at radius 2 is 2.12 bits per heavy atom. The quantitative estimate of drug-likeness (QED) is 0.669. The van der Waals surface area contributed by atoms with Crippen LogP contribution >= 0.6 is 12.2 Å². The highest BCUT2D eigenvalue weighted by molar-refractivity contribution is 7.80. The number of nitrogens with one attached hydrogen (secondary N) is 1. The van der Waals surface area contributed by atoms with Crippen molar-refractivity contribution in [3.8, 4) is 0 Å². The van der Waals surface area contributed by atoms with Crippen molar-refractivity contribution in [2.45, 2.75) is 13.8 Å². The summed E-state index contributed by atoms with van der Waals surface area (Å²) in [5.74, 6) is 0.295. The average Bonchev–Trinajstić information content (AvgIpc) is 2.27. The molecule has 1 aromatic heterocycles. The van der Waals surface area contributed by atoms with Crippen LogP contribution in [0.4, 0.5) is 5.82 Å². The predicted molar refractivity (Wildman–Crippen MR) is 71.6 cm³/mol. The van der Waals surface area contributed by atoms with Gasteiger partial charge in [0.25, 0.3) is 0 Å². The van der Waals surface area contributed by atoms with Gasteiger partial charge in [-0.15, -0.1) is 0 Å². The summed E-state index contributed by atoms with van der Waals surface area (Å²) >= 11 is 4.82. The number of thiocarbonyl (C=S) groups is 1. The average molecular weight is 252 g/mol. The summed E-state index contributed by atoms with van der Waals surface area (Å²) in [5.41, 5.74) is 10.8. The molecule has 17 heavy (non-hydrogen) atoms. The maximum Gasteiger partial charge on any atom is 0.224 e. The molecular formula is C11H16N4OS. The molecule has 0 fully saturated rings. The van der Waals surface area contributed by atoms with Crippen molar-refractivity contribution in [3.63, 3.8) is 0 Å². The Morgan fingerprint density at radius 3 is 2.53 bits per heavy atom. The first-order valence-corrected chi connectivity index (χ1v) is 5.53. The Hall–Kier alpha value is -1.69. The smallest absolute Gasteiger partial charge is 0.224 e. The number of carbonyl (C=O) groups excluding carboxylic acids is 1. The van der Waals surface area contributed by atoms with E-state index < -0.39 is 5.41 Å². The second-order valence-corrected chi connectivity index (χ2v) is 4.84. The summed E-state index contributed by atoms with van der Waals surface area (Å²) in [6, 6.07) is 3.53. The molecule has 5 N–H and O–H groups in total. The number of rotatable bonds is 5. The zero-order valence-corrected chi connectivity index (χ0v) is 10.7. The van der Waals surface area contributed by atoms with E-state index in [0.29, 0.717) is 22.9 Å². The fourth-order valence-electron chi connectivity index (χ4n) is 1.04. The molecule has 92 valence electrons. The standard InChI is InChI=1S/C11H16N4OS/c1-11(2,10(13)16)6-15-8-4-3-7(5-14-8)9(12)17/h3-5H,6H2,1-2H3,(H2,12,17)(H2,13,16)(H,14,15). The summed E-state index contributed by atoms with van der Waals surface area (Å²) in [7, 11) is 0. The molecular weight excluding hydrogens is 236 g/mol. The molecule has 0 aliphatic rings. The summed E-state index contributed by atoms with van der Waals surface area (Å²) in [6.07, 6.45) is 1.59. The fourth-order valence-corrected chi connectivity index (χ4v) is 1.16. The van der Waals surface area contributed by atoms with Crippen LogP contribution in [0, 0.1) is 5.41 Å². The second kappa shape index (κ2) is 5.09. The van der Waals surface area contributed by atoms with Crippen molar-refractivity contribution in [1.29, 1.82) is 0 Å². The zero-order chi connectivity index (χ0) is 13.1. The number of anilines is 1. The van der Waals surface area contributed by atoms with Crippen LogP contribution in [-0.2, 0) is 4.79 Å². The molecule has 1 heterocycles. The number of carbonyl (C=O) groups is 1. The first-order chi connectivity index (χ1) is 7.83. The Balaban J connectivity index is 2.65. The SMILES string of the molecule is CC(C)(CNc1ccc(C(N)=S)cn1)C(N)=O. The van der Waals surface area contributed by atoms with Crippen molar-refractivity contribution in [1.82, 2.24) is 4.98 Å². The maximum atomic E-state index is 11.1. The molecule has 0 bridgehead atoms. The van der Waals surface area contributed by atoms with Crippen molar-refractivity contribution >= 4 is 28.9 Å². The van der Waals surface area contributed by atoms with Gasteiger partial charge in [-0.3, -0.25) is 4.79 Å². The van der Waals surface area contributed by atoms with E-state index >= 15 is 0 Å². The third-order valence-corrected chi connectivity index (χ3v) is 2.66. The molecule has 0 radical (unpaired) electrons. The van der Waals surface area contributed by atoms with Crippen molar-refractivity contribution in [2.75, 3.05) is 11.9 Å². The molecule has 1 amide bonds. The van der Waals surface area contributed by atoms with Crippen LogP contribution in [0.2, 0.25) is 0 Å². The Kier molecular flexibility index (Phi) is 4.01. The lowest BCUT2D eigenvalue weighted by molar-refractivity contribution is -0.125. The van der Waals surface area contributed by atoms with Crippen LogP contribution in [0.5, 0.6) is 0 Å². The van der Waals surface area contributed by atoms with E-state index in [-0.39, 0.29) is 5.91 Å². The third-order valence-electron chi connectivity index (χ3n) is 2.43. The molecule has 0 aliphatic carbocycles. The molecule has 0 saturated carbocycles. The first kappa shape index (κ1) is 13.4. The number of hydrogen-bond donors (Lipinski definition) is 3. The topological polar surface area (TPSA) is 94.0 Å². The van der Waals surface area contributed by atoms with Gasteiger partial charge in [-0.1, -0.05) is 12.2 Å². The third kappa shape index (κ3) is 3.67. The summed E-state index contributed by atoms with van der Waals surface area (Å²) in [5, 5.41) is 3.04. The highest BCUT2D eigenvalue weighted by Crippen LogP contribution is 2.15. The van der Waals surface area contributed by atoms with Gasteiger partial charge < -0.3 is 16.8 Å². The first-order valence-electron chi connectivity index (χ1n) is 5.12. The van der Waals surface area contributed by atoms with Crippen LogP contribution in [0.1, 0.15) is 19.4 Å². The lowest BCUT2D eigenvalue weighted by Crippen LogP contribution is -2.37. The number of hydrogen-bond acceptors (Lipinski definition) is 4. The Bertz CT molecular complexity index is 428. The van der Waals surface area contributed by atoms with Gasteiger partial charge in [-0.05, 0) is 26.0 Å². The minimum Gasteiger partial charge on any atom is -0.389 e. The zero-order valence-electron chi connectivity index (χ0n) is 9.86. The van der Waals surface area contributed by atoms with E-state index in [4.69, 9.17) is 23.7 Å². The van der Waals surface area contributed by atoms with Crippen molar-refractivity contribution in [2.24, 2.45) is 16.9 Å². The maximum absolute atomic E-state index is 11.1. The largest absolute Gasteiger partial charge is 0.389 e. The van der Waals surface area contributed by atoms with Gasteiger partial charge in [0, 0.05) is 18.3 Å². The summed E-state index contributed by atoms with van der Waals surface area (Å²) in [4.78, 5) is 15.6. The van der Waals surface area contributed by atoms with E-state index in [1.54, 1.807) is 32.2 Å². The highest BCUT2D eigenvalue weighted by atomic mass is 32.1. The number of nitrogens with two attached hydrogens (primary N) is 2. The van der Waals surface area contributed by atoms with E-state index in [2.05, 4.69) is 10.3 Å². The van der Waals surface area contributed by atoms with Crippen LogP contribution in [0.25, 0.3) is 0 Å². The molecule has 1 aromatic rings. The van der Waals surface area contributed by atoms with Gasteiger partial charge in [0.1, 0.15) is 10.8 Å². The van der Waals surface area contributed by atoms with Crippen LogP contribution in [0.15, 0.2) is 18.3 Å². The fraction of sp³-hybridized carbons (Fsp3) is 0.364. The predicted octanol–water partition coefficient (Wildman–Crippen LogP) is 0.639. The van der Waals surface area contributed by atoms with E-state index in [9.17, 15) is 4.79 Å². The molecule has 0 unspecified atom stereocenters. The van der Waals surface area contributed by atoms with Gasteiger partial charge in [-0.2, -0.15) is 0 Å². The molecule has 0 saturated heterocycles. The number of primary amides is 1. The van der Waals surface area contributed by atoms with E-state index in [1.165, 1.54) is 0 Å². The molecule has 5 nitrogen and oxygen atoms in total. The van der Waals surface area contributed by atoms with Gasteiger partial charge in [-0.25, -0.2) is 4.98 Å². The van der Waals surface area contributed by atoms with Gasteiger partial charge in [0.15, 0.2) is 0 Å². The number of aromatic nitrogens is 1. The van der Waals surface area contributed by atoms with Crippen LogP contribution in [-0.4, -0.2) is 22.4 Å². The normalized spacial score (nSPS) is 10.9. The summed E-state index contributed by atoms with van der Waals surface area (Å²) in [6.45, 7) is 3.96. The molecule has 0 spiro atoms. The molecule has 0 aliphatic heterocycles. The van der Waals surface area contributed by atoms with Crippen molar-refractivity contribution in [3.05, 3.63) is 23.9 Å². The van der Waals surface area contributed by atoms with E-state index in [1.807, 2.05) is 0 Å². The van der Waals surface area contributed by atoms with Gasteiger partial charge >= 0.3 is 0 Å². The number of amides is 1. The molecule has 0 atom stereocenters. The van der Waals surface area contributed by atoms with Crippen molar-refractivity contribution < 1.29 is 4.79 Å². The Morgan fingerprint density at radius 1 is 1.47 bits per heavy atom. The van der Waals surface area contributed by atoms with Crippen LogP contribution < -0.4 is 16.8 Å². The number of nitrogens with zero attached hydrogens (tertiary/aromatic N) is 1. The molecule has 6 heteroatoms. The van der Waals surface area contributed by atoms with Crippen LogP contribution in [0.3, 0.4) is 0 Å². The minimum atomic E-state index is -0.622. The highest BCUT2D eigenvalue weighted by Gasteiger charge is 2.24. The molecule has 1 rings (SSSR count). The second-order valence-electron chi connectivity index (χ2n) is 4.40. The van der Waals surface area contributed by atoms with E-state index in [0.717, 1.165) is 0 Å². The molecule has 0 aromatic carbocycles. The monoisotopic (exact) mass is 252 g/mol.